The van der Waals surface area contributed by atoms with Crippen molar-refractivity contribution < 1.29 is 22.7 Å². The minimum absolute atomic E-state index is 0.110. The van der Waals surface area contributed by atoms with Gasteiger partial charge in [-0.1, -0.05) is 24.3 Å². The number of benzene rings is 2. The summed E-state index contributed by atoms with van der Waals surface area (Å²) in [6, 6.07) is 12.7. The van der Waals surface area contributed by atoms with Crippen molar-refractivity contribution in [2.45, 2.75) is 13.3 Å². The molecule has 1 heterocycles. The van der Waals surface area contributed by atoms with Gasteiger partial charge in [0.2, 0.25) is 5.82 Å². The van der Waals surface area contributed by atoms with Crippen LogP contribution in [-0.4, -0.2) is 26.9 Å². The van der Waals surface area contributed by atoms with Gasteiger partial charge in [0.05, 0.1) is 5.69 Å². The summed E-state index contributed by atoms with van der Waals surface area (Å²) >= 11 is 0. The van der Waals surface area contributed by atoms with Gasteiger partial charge in [-0.3, -0.25) is 4.79 Å². The topological polar surface area (TPSA) is 57.0 Å². The Morgan fingerprint density at radius 3 is 2.40 bits per heavy atom. The number of hydrogen-bond donors (Lipinski definition) is 0. The summed E-state index contributed by atoms with van der Waals surface area (Å²) in [4.78, 5) is 15.2. The Balaban J connectivity index is 1.87. The summed E-state index contributed by atoms with van der Waals surface area (Å²) in [5.74, 6) is -0.413. The maximum Gasteiger partial charge on any atom is 0.573 e. The minimum Gasteiger partial charge on any atom is -0.406 e. The van der Waals surface area contributed by atoms with E-state index in [1.54, 1.807) is 18.2 Å². The monoisotopic (exact) mass is 347 g/mol. The highest BCUT2D eigenvalue weighted by Gasteiger charge is 2.30. The first-order valence-electron chi connectivity index (χ1n) is 7.21. The zero-order valence-corrected chi connectivity index (χ0v) is 13.0. The molecule has 0 aliphatic carbocycles. The van der Waals surface area contributed by atoms with Crippen molar-refractivity contribution in [1.82, 2.24) is 14.8 Å². The van der Waals surface area contributed by atoms with Crippen LogP contribution in [0.5, 0.6) is 5.75 Å². The first kappa shape index (κ1) is 16.7. The third kappa shape index (κ3) is 4.03. The molecule has 8 heteroatoms. The van der Waals surface area contributed by atoms with Crippen LogP contribution in [-0.2, 0) is 0 Å². The molecular weight excluding hydrogens is 335 g/mol. The Labute approximate surface area is 140 Å². The van der Waals surface area contributed by atoms with Crippen molar-refractivity contribution in [1.29, 1.82) is 0 Å². The zero-order chi connectivity index (χ0) is 18.0. The van der Waals surface area contributed by atoms with Crippen LogP contribution in [0.15, 0.2) is 54.9 Å². The number of carbonyl (C=O) groups is 1. The van der Waals surface area contributed by atoms with Gasteiger partial charge in [-0.2, -0.15) is 0 Å². The second-order valence-electron chi connectivity index (χ2n) is 5.19. The molecule has 0 aliphatic rings. The molecule has 3 rings (SSSR count). The highest BCUT2D eigenvalue weighted by atomic mass is 19.4. The number of ether oxygens (including phenoxy) is 1. The summed E-state index contributed by atoms with van der Waals surface area (Å²) < 4.78 is 41.9. The molecule has 5 nitrogen and oxygen atoms in total. The van der Waals surface area contributed by atoms with Gasteiger partial charge >= 0.3 is 6.36 Å². The summed E-state index contributed by atoms with van der Waals surface area (Å²) in [7, 11) is 0. The molecule has 0 N–H and O–H groups in total. The molecule has 3 aromatic rings. The van der Waals surface area contributed by atoms with Crippen molar-refractivity contribution in [3.63, 3.8) is 0 Å². The van der Waals surface area contributed by atoms with E-state index in [0.29, 0.717) is 11.3 Å². The molecule has 0 bridgehead atoms. The van der Waals surface area contributed by atoms with Crippen molar-refractivity contribution in [3.8, 4) is 22.6 Å². The number of alkyl halides is 3. The lowest BCUT2D eigenvalue weighted by atomic mass is 10.1. The van der Waals surface area contributed by atoms with Crippen LogP contribution >= 0.6 is 0 Å². The zero-order valence-electron chi connectivity index (χ0n) is 13.0. The van der Waals surface area contributed by atoms with Crippen LogP contribution in [0.1, 0.15) is 17.5 Å². The lowest BCUT2D eigenvalue weighted by Crippen LogP contribution is -2.16. The normalized spacial score (nSPS) is 11.4. The first-order chi connectivity index (χ1) is 11.8. The highest BCUT2D eigenvalue weighted by molar-refractivity contribution is 5.90. The molecule has 0 aliphatic heterocycles. The average Bonchev–Trinajstić information content (AvgIpc) is 3.04. The van der Waals surface area contributed by atoms with Gasteiger partial charge in [0.1, 0.15) is 12.1 Å². The number of carbonyl (C=O) groups excluding carboxylic acids is 1. The minimum atomic E-state index is -4.72. The Hall–Kier alpha value is -3.16. The summed E-state index contributed by atoms with van der Waals surface area (Å²) in [5, 5.41) is 4.08. The fourth-order valence-corrected chi connectivity index (χ4v) is 2.23. The Kier molecular flexibility index (Phi) is 4.26. The number of hydrogen-bond acceptors (Lipinski definition) is 4. The van der Waals surface area contributed by atoms with Gasteiger partial charge in [0.25, 0.3) is 0 Å². The molecule has 0 unspecified atom stereocenters. The fourth-order valence-electron chi connectivity index (χ4n) is 2.23. The predicted molar refractivity (Wildman–Crippen MR) is 83.5 cm³/mol. The second kappa shape index (κ2) is 6.39. The summed E-state index contributed by atoms with van der Waals surface area (Å²) in [6.07, 6.45) is -3.29. The van der Waals surface area contributed by atoms with E-state index in [-0.39, 0.29) is 17.4 Å². The van der Waals surface area contributed by atoms with E-state index in [4.69, 9.17) is 0 Å². The smallest absolute Gasteiger partial charge is 0.406 e. The van der Waals surface area contributed by atoms with Gasteiger partial charge in [0, 0.05) is 6.92 Å². The van der Waals surface area contributed by atoms with E-state index >= 15 is 0 Å². The van der Waals surface area contributed by atoms with Crippen LogP contribution in [0, 0.1) is 0 Å². The Bertz CT molecular complexity index is 902. The predicted octanol–water partition coefficient (Wildman–Crippen LogP) is 4.04. The number of halogens is 3. The standard InChI is InChI=1S/C17H12F3N3O2/c1-11(24)16-21-10-23(22-16)14-4-2-3-13(9-14)12-5-7-15(8-6-12)25-17(18,19)20/h2-10H,1H3. The van der Waals surface area contributed by atoms with Crippen LogP contribution < -0.4 is 4.74 Å². The van der Waals surface area contributed by atoms with Gasteiger partial charge in [0.15, 0.2) is 5.78 Å². The molecule has 0 saturated heterocycles. The summed E-state index contributed by atoms with van der Waals surface area (Å²) in [5.41, 5.74) is 2.16. The van der Waals surface area contributed by atoms with Gasteiger partial charge < -0.3 is 4.74 Å². The molecule has 0 fully saturated rings. The van der Waals surface area contributed by atoms with E-state index in [1.165, 1.54) is 42.2 Å². The number of rotatable bonds is 4. The highest BCUT2D eigenvalue weighted by Crippen LogP contribution is 2.27. The Morgan fingerprint density at radius 1 is 1.08 bits per heavy atom. The number of Topliss-reactive ketones (excluding diaryl/α,β-unsaturated/α-hetero) is 1. The van der Waals surface area contributed by atoms with Crippen molar-refractivity contribution in [2.75, 3.05) is 0 Å². The van der Waals surface area contributed by atoms with Crippen molar-refractivity contribution >= 4 is 5.78 Å². The Morgan fingerprint density at radius 2 is 1.80 bits per heavy atom. The van der Waals surface area contributed by atoms with E-state index in [9.17, 15) is 18.0 Å². The fraction of sp³-hybridized carbons (Fsp3) is 0.118. The molecule has 0 saturated carbocycles. The molecule has 2 aromatic carbocycles. The molecule has 0 atom stereocenters. The SMILES string of the molecule is CC(=O)c1ncn(-c2cccc(-c3ccc(OC(F)(F)F)cc3)c2)n1. The van der Waals surface area contributed by atoms with E-state index < -0.39 is 6.36 Å². The van der Waals surface area contributed by atoms with Crippen LogP contribution in [0.25, 0.3) is 16.8 Å². The molecule has 1 aromatic heterocycles. The largest absolute Gasteiger partial charge is 0.573 e. The van der Waals surface area contributed by atoms with Gasteiger partial charge in [-0.25, -0.2) is 9.67 Å². The third-order valence-corrected chi connectivity index (χ3v) is 3.34. The van der Waals surface area contributed by atoms with Crippen molar-refractivity contribution in [2.24, 2.45) is 0 Å². The quantitative estimate of drug-likeness (QED) is 0.669. The van der Waals surface area contributed by atoms with Crippen LogP contribution in [0.2, 0.25) is 0 Å². The molecule has 0 radical (unpaired) electrons. The van der Waals surface area contributed by atoms with E-state index in [0.717, 1.165) is 5.56 Å². The molecule has 25 heavy (non-hydrogen) atoms. The van der Waals surface area contributed by atoms with Gasteiger partial charge in [-0.05, 0) is 35.4 Å². The summed E-state index contributed by atoms with van der Waals surface area (Å²) in [6.45, 7) is 1.38. The molecule has 0 spiro atoms. The molecule has 128 valence electrons. The first-order valence-corrected chi connectivity index (χ1v) is 7.21. The lowest BCUT2D eigenvalue weighted by Gasteiger charge is -2.10. The molecular formula is C17H12F3N3O2. The maximum absolute atomic E-state index is 12.2. The van der Waals surface area contributed by atoms with Gasteiger partial charge in [-0.15, -0.1) is 18.3 Å². The van der Waals surface area contributed by atoms with E-state index in [2.05, 4.69) is 14.8 Å². The number of ketones is 1. The third-order valence-electron chi connectivity index (χ3n) is 3.34. The van der Waals surface area contributed by atoms with Crippen LogP contribution in [0.3, 0.4) is 0 Å². The van der Waals surface area contributed by atoms with Crippen molar-refractivity contribution in [3.05, 3.63) is 60.7 Å². The number of nitrogens with zero attached hydrogens (tertiary/aromatic N) is 3. The second-order valence-corrected chi connectivity index (χ2v) is 5.19. The molecule has 0 amide bonds. The average molecular weight is 347 g/mol. The van der Waals surface area contributed by atoms with Crippen LogP contribution in [0.4, 0.5) is 13.2 Å². The lowest BCUT2D eigenvalue weighted by molar-refractivity contribution is -0.274. The maximum atomic E-state index is 12.2. The number of aromatic nitrogens is 3. The van der Waals surface area contributed by atoms with E-state index in [1.807, 2.05) is 6.07 Å².